The maximum Gasteiger partial charge on any atom is 0.255 e. The van der Waals surface area contributed by atoms with E-state index in [1.165, 1.54) is 0 Å². The number of nitrogens with one attached hydrogen (secondary N) is 2. The Balaban J connectivity index is 1.31. The number of nitrogens with zero attached hydrogens (tertiary/aromatic N) is 6. The Bertz CT molecular complexity index is 1130. The summed E-state index contributed by atoms with van der Waals surface area (Å²) in [7, 11) is 3.44. The highest BCUT2D eigenvalue weighted by molar-refractivity contribution is 5.97. The van der Waals surface area contributed by atoms with Gasteiger partial charge in [0, 0.05) is 43.4 Å². The number of aromatic nitrogens is 5. The first-order valence-corrected chi connectivity index (χ1v) is 9.74. The number of rotatable bonds is 6. The third kappa shape index (κ3) is 3.59. The molecule has 0 spiro atoms. The van der Waals surface area contributed by atoms with Crippen LogP contribution in [-0.4, -0.2) is 43.6 Å². The minimum Gasteiger partial charge on any atom is -0.496 e. The van der Waals surface area contributed by atoms with Gasteiger partial charge in [0.05, 0.1) is 31.1 Å². The maximum atomic E-state index is 12.4. The average molecular weight is 406 g/mol. The van der Waals surface area contributed by atoms with Gasteiger partial charge < -0.3 is 20.3 Å². The number of carbonyl (C=O) groups excluding carboxylic acids is 1. The first kappa shape index (κ1) is 18.2. The van der Waals surface area contributed by atoms with Crippen molar-refractivity contribution < 1.29 is 9.53 Å². The molecule has 1 aliphatic carbocycles. The number of carbonyl (C=O) groups is 1. The summed E-state index contributed by atoms with van der Waals surface area (Å²) in [5.41, 5.74) is 2.25. The molecule has 2 aliphatic rings. The largest absolute Gasteiger partial charge is 0.496 e. The van der Waals surface area contributed by atoms with Crippen molar-refractivity contribution in [1.82, 2.24) is 29.9 Å². The van der Waals surface area contributed by atoms with E-state index in [1.54, 1.807) is 28.6 Å². The molecule has 1 saturated carbocycles. The minimum atomic E-state index is -0.114. The van der Waals surface area contributed by atoms with Gasteiger partial charge in [0.15, 0.2) is 5.82 Å². The number of ether oxygens (including phenoxy) is 1. The van der Waals surface area contributed by atoms with E-state index < -0.39 is 0 Å². The highest BCUT2D eigenvalue weighted by atomic mass is 16.5. The van der Waals surface area contributed by atoms with Gasteiger partial charge in [-0.25, -0.2) is 4.68 Å². The molecule has 154 valence electrons. The van der Waals surface area contributed by atoms with Crippen molar-refractivity contribution >= 4 is 29.4 Å². The van der Waals surface area contributed by atoms with Crippen molar-refractivity contribution in [1.29, 1.82) is 0 Å². The lowest BCUT2D eigenvalue weighted by atomic mass is 10.1. The first-order chi connectivity index (χ1) is 14.6. The fourth-order valence-corrected chi connectivity index (χ4v) is 3.29. The Morgan fingerprint density at radius 2 is 2.13 bits per heavy atom. The lowest BCUT2D eigenvalue weighted by Gasteiger charge is -2.20. The van der Waals surface area contributed by atoms with Crippen LogP contribution in [0.3, 0.4) is 0 Å². The number of hydrogen-bond acceptors (Lipinski definition) is 7. The number of amides is 1. The molecular weight excluding hydrogens is 384 g/mol. The van der Waals surface area contributed by atoms with Crippen LogP contribution in [0, 0.1) is 0 Å². The third-order valence-corrected chi connectivity index (χ3v) is 5.04. The summed E-state index contributed by atoms with van der Waals surface area (Å²) >= 11 is 0. The van der Waals surface area contributed by atoms with Gasteiger partial charge in [-0.2, -0.15) is 10.1 Å². The van der Waals surface area contributed by atoms with Crippen LogP contribution in [0.25, 0.3) is 6.20 Å². The molecule has 30 heavy (non-hydrogen) atoms. The minimum absolute atomic E-state index is 0.114. The van der Waals surface area contributed by atoms with Crippen LogP contribution >= 0.6 is 0 Å². The van der Waals surface area contributed by atoms with E-state index in [1.807, 2.05) is 37.9 Å². The summed E-state index contributed by atoms with van der Waals surface area (Å²) in [6, 6.07) is 5.64. The molecule has 0 atom stereocenters. The van der Waals surface area contributed by atoms with E-state index in [9.17, 15) is 4.79 Å². The Hall–Kier alpha value is -3.82. The number of benzene rings is 1. The molecule has 0 bridgehead atoms. The van der Waals surface area contributed by atoms with E-state index >= 15 is 0 Å². The van der Waals surface area contributed by atoms with Gasteiger partial charge in [0.25, 0.3) is 5.91 Å². The molecule has 10 heteroatoms. The second-order valence-corrected chi connectivity index (χ2v) is 7.38. The molecule has 0 saturated heterocycles. The molecule has 1 aliphatic heterocycles. The summed E-state index contributed by atoms with van der Waals surface area (Å²) in [6.45, 7) is 0.584. The zero-order valence-corrected chi connectivity index (χ0v) is 16.7. The topological polar surface area (TPSA) is 102 Å². The number of aryl methyl sites for hydroxylation is 1. The van der Waals surface area contributed by atoms with Gasteiger partial charge in [-0.05, 0) is 25.0 Å². The second-order valence-electron chi connectivity index (χ2n) is 7.38. The summed E-state index contributed by atoms with van der Waals surface area (Å²) in [4.78, 5) is 19.0. The van der Waals surface area contributed by atoms with Crippen molar-refractivity contribution in [2.24, 2.45) is 7.05 Å². The molecule has 5 rings (SSSR count). The summed E-state index contributed by atoms with van der Waals surface area (Å²) in [5, 5.41) is 14.9. The first-order valence-electron chi connectivity index (χ1n) is 9.74. The fraction of sp³-hybridized carbons (Fsp3) is 0.300. The van der Waals surface area contributed by atoms with Gasteiger partial charge >= 0.3 is 0 Å². The number of hydrogen-bond donors (Lipinski definition) is 2. The third-order valence-electron chi connectivity index (χ3n) is 5.04. The standard InChI is InChI=1S/C20H22N8O2/c1-26-11-15(10-21-26)27-7-8-28-18(12-27)24-20(25-28)23-14-5-6-16(17(9-14)30-2)19(29)22-13-3-4-13/h5-11,13H,3-4,12H2,1-2H3,(H,22,29)(H,23,25). The highest BCUT2D eigenvalue weighted by Gasteiger charge is 2.25. The molecule has 1 aromatic carbocycles. The van der Waals surface area contributed by atoms with Gasteiger partial charge in [-0.1, -0.05) is 0 Å². The van der Waals surface area contributed by atoms with E-state index in [0.717, 1.165) is 30.0 Å². The van der Waals surface area contributed by atoms with Crippen molar-refractivity contribution in [3.8, 4) is 5.75 Å². The van der Waals surface area contributed by atoms with Crippen LogP contribution in [0.5, 0.6) is 5.75 Å². The van der Waals surface area contributed by atoms with Crippen molar-refractivity contribution in [2.75, 3.05) is 17.3 Å². The molecular formula is C20H22N8O2. The monoisotopic (exact) mass is 406 g/mol. The van der Waals surface area contributed by atoms with Crippen molar-refractivity contribution in [3.63, 3.8) is 0 Å². The average Bonchev–Trinajstić information content (AvgIpc) is 3.29. The molecule has 3 aromatic rings. The molecule has 0 radical (unpaired) electrons. The van der Waals surface area contributed by atoms with Crippen LogP contribution < -0.4 is 20.3 Å². The molecule has 0 unspecified atom stereocenters. The van der Waals surface area contributed by atoms with E-state index in [-0.39, 0.29) is 5.91 Å². The number of methoxy groups -OCH3 is 1. The van der Waals surface area contributed by atoms with Crippen molar-refractivity contribution in [2.45, 2.75) is 25.4 Å². The molecule has 2 N–H and O–H groups in total. The van der Waals surface area contributed by atoms with E-state index in [2.05, 4.69) is 30.7 Å². The number of fused-ring (bicyclic) bond motifs is 1. The van der Waals surface area contributed by atoms with E-state index in [0.29, 0.717) is 29.8 Å². The summed E-state index contributed by atoms with van der Waals surface area (Å²) in [5.74, 6) is 1.66. The highest BCUT2D eigenvalue weighted by Crippen LogP contribution is 2.27. The smallest absolute Gasteiger partial charge is 0.255 e. The number of anilines is 3. The Morgan fingerprint density at radius 1 is 1.27 bits per heavy atom. The fourth-order valence-electron chi connectivity index (χ4n) is 3.29. The second kappa shape index (κ2) is 7.21. The van der Waals surface area contributed by atoms with Gasteiger partial charge in [0.1, 0.15) is 5.75 Å². The Kier molecular flexibility index (Phi) is 4.38. The van der Waals surface area contributed by atoms with Crippen LogP contribution in [0.2, 0.25) is 0 Å². The summed E-state index contributed by atoms with van der Waals surface area (Å²) in [6.07, 6.45) is 9.63. The lowest BCUT2D eigenvalue weighted by molar-refractivity contribution is 0.0948. The zero-order chi connectivity index (χ0) is 20.7. The maximum absolute atomic E-state index is 12.4. The SMILES string of the molecule is COc1cc(Nc2nc3n(n2)C=CN(c2cnn(C)c2)C3)ccc1C(=O)NC1CC1. The van der Waals surface area contributed by atoms with Gasteiger partial charge in [-0.15, -0.1) is 5.10 Å². The van der Waals surface area contributed by atoms with Crippen LogP contribution in [-0.2, 0) is 13.6 Å². The molecule has 1 amide bonds. The van der Waals surface area contributed by atoms with Gasteiger partial charge in [0.2, 0.25) is 5.95 Å². The van der Waals surface area contributed by atoms with Crippen LogP contribution in [0.15, 0.2) is 36.8 Å². The summed E-state index contributed by atoms with van der Waals surface area (Å²) < 4.78 is 8.92. The Morgan fingerprint density at radius 3 is 2.87 bits per heavy atom. The van der Waals surface area contributed by atoms with Crippen molar-refractivity contribution in [3.05, 3.63) is 48.2 Å². The Labute approximate surface area is 173 Å². The molecule has 3 heterocycles. The predicted octanol–water partition coefficient (Wildman–Crippen LogP) is 2.10. The molecule has 1 fully saturated rings. The van der Waals surface area contributed by atoms with Crippen LogP contribution in [0.1, 0.15) is 29.0 Å². The van der Waals surface area contributed by atoms with Gasteiger partial charge in [-0.3, -0.25) is 9.48 Å². The van der Waals surface area contributed by atoms with Crippen LogP contribution in [0.4, 0.5) is 17.3 Å². The molecule has 10 nitrogen and oxygen atoms in total. The predicted molar refractivity (Wildman–Crippen MR) is 112 cm³/mol. The zero-order valence-electron chi connectivity index (χ0n) is 16.7. The lowest BCUT2D eigenvalue weighted by Crippen LogP contribution is -2.25. The normalized spacial score (nSPS) is 15.1. The van der Waals surface area contributed by atoms with E-state index in [4.69, 9.17) is 4.74 Å². The molecule has 2 aromatic heterocycles. The quantitative estimate of drug-likeness (QED) is 0.646.